The zero-order valence-electron chi connectivity index (χ0n) is 27.2. The second-order valence-electron chi connectivity index (χ2n) is 11.5. The SMILES string of the molecule is CCCCCCCC/C=C\CCCCCCCC(=O)O.CCCCCCCC/C=C\CCCCCCCCON. The van der Waals surface area contributed by atoms with E-state index in [1.807, 2.05) is 0 Å². The van der Waals surface area contributed by atoms with E-state index in [1.54, 1.807) is 0 Å². The van der Waals surface area contributed by atoms with Gasteiger partial charge in [0, 0.05) is 6.42 Å². The molecule has 0 saturated heterocycles. The molecule has 0 aliphatic heterocycles. The van der Waals surface area contributed by atoms with Crippen molar-refractivity contribution >= 4 is 5.97 Å². The molecule has 3 N–H and O–H groups in total. The largest absolute Gasteiger partial charge is 0.481 e. The van der Waals surface area contributed by atoms with Crippen LogP contribution in [0.25, 0.3) is 0 Å². The fraction of sp³-hybridized carbons (Fsp3) is 0.861. The van der Waals surface area contributed by atoms with Gasteiger partial charge in [0.1, 0.15) is 0 Å². The molecule has 0 aliphatic carbocycles. The van der Waals surface area contributed by atoms with Crippen LogP contribution < -0.4 is 5.90 Å². The first kappa shape index (κ1) is 41.0. The molecule has 0 rings (SSSR count). The van der Waals surface area contributed by atoms with Crippen LogP contribution in [0.15, 0.2) is 24.3 Å². The zero-order valence-corrected chi connectivity index (χ0v) is 27.2. The first-order valence-electron chi connectivity index (χ1n) is 17.5. The minimum Gasteiger partial charge on any atom is -0.481 e. The maximum absolute atomic E-state index is 10.3. The van der Waals surface area contributed by atoms with Gasteiger partial charge < -0.3 is 9.94 Å². The molecule has 0 heterocycles. The highest BCUT2D eigenvalue weighted by Gasteiger charge is 1.96. The molecule has 0 saturated carbocycles. The van der Waals surface area contributed by atoms with Gasteiger partial charge in [-0.05, 0) is 64.2 Å². The molecular formula is C36H71NO3. The molecular weight excluding hydrogens is 494 g/mol. The van der Waals surface area contributed by atoms with Crippen LogP contribution in [-0.2, 0) is 9.63 Å². The van der Waals surface area contributed by atoms with Gasteiger partial charge >= 0.3 is 5.97 Å². The lowest BCUT2D eigenvalue weighted by Crippen LogP contribution is -2.00. The highest BCUT2D eigenvalue weighted by molar-refractivity contribution is 5.66. The van der Waals surface area contributed by atoms with Crippen molar-refractivity contribution in [3.05, 3.63) is 24.3 Å². The summed E-state index contributed by atoms with van der Waals surface area (Å²) in [4.78, 5) is 14.9. The monoisotopic (exact) mass is 566 g/mol. The van der Waals surface area contributed by atoms with Crippen LogP contribution in [0.3, 0.4) is 0 Å². The van der Waals surface area contributed by atoms with E-state index in [0.29, 0.717) is 13.0 Å². The fourth-order valence-corrected chi connectivity index (χ4v) is 4.78. The second-order valence-corrected chi connectivity index (χ2v) is 11.5. The van der Waals surface area contributed by atoms with Gasteiger partial charge in [-0.25, -0.2) is 5.90 Å². The Bertz CT molecular complexity index is 518. The van der Waals surface area contributed by atoms with E-state index < -0.39 is 5.97 Å². The minimum absolute atomic E-state index is 0.332. The van der Waals surface area contributed by atoms with Gasteiger partial charge in [0.25, 0.3) is 0 Å². The summed E-state index contributed by atoms with van der Waals surface area (Å²) in [7, 11) is 0. The van der Waals surface area contributed by atoms with Crippen molar-refractivity contribution in [3.8, 4) is 0 Å². The Hall–Kier alpha value is -1.13. The molecule has 0 fully saturated rings. The summed E-state index contributed by atoms with van der Waals surface area (Å²) >= 11 is 0. The topological polar surface area (TPSA) is 72.5 Å². The summed E-state index contributed by atoms with van der Waals surface area (Å²) < 4.78 is 0. The first-order chi connectivity index (χ1) is 19.7. The predicted molar refractivity (Wildman–Crippen MR) is 177 cm³/mol. The van der Waals surface area contributed by atoms with Crippen LogP contribution in [0.2, 0.25) is 0 Å². The summed E-state index contributed by atoms with van der Waals surface area (Å²) in [6.45, 7) is 5.24. The normalized spacial score (nSPS) is 11.4. The van der Waals surface area contributed by atoms with Gasteiger partial charge in [0.05, 0.1) is 6.61 Å². The van der Waals surface area contributed by atoms with Crippen molar-refractivity contribution in [1.29, 1.82) is 0 Å². The highest BCUT2D eigenvalue weighted by Crippen LogP contribution is 2.11. The molecule has 0 radical (unpaired) electrons. The molecule has 0 aliphatic rings. The Morgan fingerprint density at radius 3 is 1.12 bits per heavy atom. The number of hydrogen-bond donors (Lipinski definition) is 2. The molecule has 40 heavy (non-hydrogen) atoms. The number of unbranched alkanes of at least 4 members (excludes halogenated alkanes) is 23. The molecule has 0 unspecified atom stereocenters. The third-order valence-corrected chi connectivity index (χ3v) is 7.43. The van der Waals surface area contributed by atoms with Gasteiger partial charge in [-0.15, -0.1) is 0 Å². The maximum atomic E-state index is 10.3. The molecule has 238 valence electrons. The molecule has 0 bridgehead atoms. The molecule has 0 aromatic rings. The van der Waals surface area contributed by atoms with E-state index in [9.17, 15) is 4.79 Å². The number of rotatable bonds is 31. The van der Waals surface area contributed by atoms with Gasteiger partial charge in [-0.1, -0.05) is 147 Å². The van der Waals surface area contributed by atoms with Crippen molar-refractivity contribution < 1.29 is 14.7 Å². The van der Waals surface area contributed by atoms with E-state index in [0.717, 1.165) is 19.3 Å². The second kappa shape index (κ2) is 40.0. The lowest BCUT2D eigenvalue weighted by Gasteiger charge is -2.00. The molecule has 0 amide bonds. The zero-order chi connectivity index (χ0) is 29.6. The van der Waals surface area contributed by atoms with Crippen LogP contribution in [0.5, 0.6) is 0 Å². The van der Waals surface area contributed by atoms with Crippen LogP contribution >= 0.6 is 0 Å². The average molecular weight is 566 g/mol. The number of carboxylic acids is 1. The van der Waals surface area contributed by atoms with E-state index in [4.69, 9.17) is 11.0 Å². The molecule has 4 heteroatoms. The summed E-state index contributed by atoms with van der Waals surface area (Å²) in [5.74, 6) is 4.32. The Morgan fingerprint density at radius 1 is 0.500 bits per heavy atom. The van der Waals surface area contributed by atoms with Crippen LogP contribution in [0.1, 0.15) is 194 Å². The highest BCUT2D eigenvalue weighted by atomic mass is 16.6. The van der Waals surface area contributed by atoms with E-state index >= 15 is 0 Å². The molecule has 0 spiro atoms. The number of allylic oxidation sites excluding steroid dienone is 4. The molecule has 0 aromatic heterocycles. The van der Waals surface area contributed by atoms with E-state index in [1.165, 1.54) is 154 Å². The maximum Gasteiger partial charge on any atom is 0.303 e. The van der Waals surface area contributed by atoms with Crippen molar-refractivity contribution in [2.24, 2.45) is 5.90 Å². The average Bonchev–Trinajstić information content (AvgIpc) is 2.95. The number of carbonyl (C=O) groups is 1. The van der Waals surface area contributed by atoms with Gasteiger partial charge in [-0.3, -0.25) is 4.79 Å². The Balaban J connectivity index is 0. The molecule has 0 aromatic carbocycles. The smallest absolute Gasteiger partial charge is 0.303 e. The summed E-state index contributed by atoms with van der Waals surface area (Å²) in [6, 6.07) is 0. The fourth-order valence-electron chi connectivity index (χ4n) is 4.78. The number of aliphatic carboxylic acids is 1. The predicted octanol–water partition coefficient (Wildman–Crippen LogP) is 12.0. The summed E-state index contributed by atoms with van der Waals surface area (Å²) in [5.41, 5.74) is 0. The summed E-state index contributed by atoms with van der Waals surface area (Å²) in [5, 5.41) is 8.51. The van der Waals surface area contributed by atoms with Gasteiger partial charge in [0.15, 0.2) is 0 Å². The standard InChI is InChI=1S/C18H37NO.C18H34O2/c1-2-3-4-5-6-7-8-9-10-11-12-13-14-15-16-17-18-20-19;1-2-3-4-5-6-7-8-9-10-11-12-13-14-15-16-17-18(19)20/h9-10H,2-8,11-19H2,1H3;9-10H,2-8,11-17H2,1H3,(H,19,20)/b2*10-9-. The molecule has 0 atom stereocenters. The van der Waals surface area contributed by atoms with E-state index in [2.05, 4.69) is 43.0 Å². The summed E-state index contributed by atoms with van der Waals surface area (Å²) in [6.07, 6.45) is 44.7. The Morgan fingerprint density at radius 2 is 0.800 bits per heavy atom. The number of nitrogens with two attached hydrogens (primary N) is 1. The van der Waals surface area contributed by atoms with E-state index in [-0.39, 0.29) is 0 Å². The third kappa shape index (κ3) is 43.9. The van der Waals surface area contributed by atoms with Crippen LogP contribution in [-0.4, -0.2) is 17.7 Å². The van der Waals surface area contributed by atoms with Gasteiger partial charge in [-0.2, -0.15) is 0 Å². The Labute approximate surface area is 251 Å². The van der Waals surface area contributed by atoms with Crippen molar-refractivity contribution in [2.45, 2.75) is 194 Å². The third-order valence-electron chi connectivity index (χ3n) is 7.43. The molecule has 4 nitrogen and oxygen atoms in total. The van der Waals surface area contributed by atoms with Crippen LogP contribution in [0, 0.1) is 0 Å². The quantitative estimate of drug-likeness (QED) is 0.0498. The van der Waals surface area contributed by atoms with Crippen molar-refractivity contribution in [3.63, 3.8) is 0 Å². The number of carboxylic acid groups (broad SMARTS) is 1. The first-order valence-corrected chi connectivity index (χ1v) is 17.5. The lowest BCUT2D eigenvalue weighted by molar-refractivity contribution is -0.137. The van der Waals surface area contributed by atoms with Crippen molar-refractivity contribution in [2.75, 3.05) is 6.61 Å². The number of hydrogen-bond acceptors (Lipinski definition) is 3. The van der Waals surface area contributed by atoms with Gasteiger partial charge in [0.2, 0.25) is 0 Å². The van der Waals surface area contributed by atoms with Crippen LogP contribution in [0.4, 0.5) is 0 Å². The van der Waals surface area contributed by atoms with Crippen molar-refractivity contribution in [1.82, 2.24) is 0 Å². The lowest BCUT2D eigenvalue weighted by atomic mass is 10.1. The minimum atomic E-state index is -0.664. The Kier molecular flexibility index (Phi) is 41.0.